The minimum atomic E-state index is -0.111. The Labute approximate surface area is 125 Å². The Morgan fingerprint density at radius 1 is 1.29 bits per heavy atom. The van der Waals surface area contributed by atoms with Gasteiger partial charge in [0.2, 0.25) is 11.8 Å². The zero-order chi connectivity index (χ0) is 15.1. The minimum Gasteiger partial charge on any atom is -0.347 e. The summed E-state index contributed by atoms with van der Waals surface area (Å²) in [4.78, 5) is 25.7. The maximum Gasteiger partial charge on any atom is 0.241 e. The molecule has 1 aliphatic heterocycles. The second-order valence-electron chi connectivity index (χ2n) is 5.49. The van der Waals surface area contributed by atoms with E-state index in [2.05, 4.69) is 10.6 Å². The average molecular weight is 289 g/mol. The molecule has 2 rings (SSSR count). The van der Waals surface area contributed by atoms with Crippen LogP contribution in [0.15, 0.2) is 30.3 Å². The molecule has 0 aromatic heterocycles. The Balaban J connectivity index is 1.70. The molecule has 21 heavy (non-hydrogen) atoms. The molecule has 0 spiro atoms. The van der Waals surface area contributed by atoms with Crippen LogP contribution in [0.25, 0.3) is 0 Å². The Morgan fingerprint density at radius 3 is 2.76 bits per heavy atom. The van der Waals surface area contributed by atoms with Gasteiger partial charge in [-0.05, 0) is 31.5 Å². The largest absolute Gasteiger partial charge is 0.347 e. The van der Waals surface area contributed by atoms with E-state index in [1.54, 1.807) is 0 Å². The molecule has 1 aromatic carbocycles. The second-order valence-corrected chi connectivity index (χ2v) is 5.49. The van der Waals surface area contributed by atoms with E-state index < -0.39 is 0 Å². The molecule has 0 radical (unpaired) electrons. The van der Waals surface area contributed by atoms with Crippen LogP contribution < -0.4 is 10.6 Å². The van der Waals surface area contributed by atoms with Gasteiger partial charge in [-0.25, -0.2) is 0 Å². The zero-order valence-corrected chi connectivity index (χ0v) is 12.5. The summed E-state index contributed by atoms with van der Waals surface area (Å²) >= 11 is 0. The highest BCUT2D eigenvalue weighted by Crippen LogP contribution is 2.14. The number of hydrogen-bond acceptors (Lipinski definition) is 3. The van der Waals surface area contributed by atoms with E-state index in [-0.39, 0.29) is 18.4 Å². The fourth-order valence-corrected chi connectivity index (χ4v) is 2.64. The maximum absolute atomic E-state index is 12.0. The van der Waals surface area contributed by atoms with E-state index in [1.807, 2.05) is 42.3 Å². The van der Waals surface area contributed by atoms with Crippen LogP contribution in [0.3, 0.4) is 0 Å². The number of likely N-dealkylation sites (tertiary alicyclic amines) is 1. The van der Waals surface area contributed by atoms with Crippen LogP contribution in [0.4, 0.5) is 0 Å². The summed E-state index contributed by atoms with van der Waals surface area (Å²) in [6.07, 6.45) is 1.35. The van der Waals surface area contributed by atoms with Crippen molar-refractivity contribution in [1.29, 1.82) is 0 Å². The van der Waals surface area contributed by atoms with Crippen molar-refractivity contribution in [3.63, 3.8) is 0 Å². The molecule has 0 aliphatic carbocycles. The molecule has 2 N–H and O–H groups in total. The fraction of sp³-hybridized carbons (Fsp3) is 0.500. The molecule has 1 unspecified atom stereocenters. The predicted molar refractivity (Wildman–Crippen MR) is 81.8 cm³/mol. The third-order valence-electron chi connectivity index (χ3n) is 3.78. The van der Waals surface area contributed by atoms with Crippen molar-refractivity contribution >= 4 is 11.8 Å². The van der Waals surface area contributed by atoms with Gasteiger partial charge in [-0.1, -0.05) is 30.3 Å². The third-order valence-corrected chi connectivity index (χ3v) is 3.78. The highest BCUT2D eigenvalue weighted by atomic mass is 16.2. The van der Waals surface area contributed by atoms with Crippen molar-refractivity contribution in [3.05, 3.63) is 35.9 Å². The first-order valence-corrected chi connectivity index (χ1v) is 7.42. The molecule has 1 fully saturated rings. The number of nitrogens with zero attached hydrogens (tertiary/aromatic N) is 1. The van der Waals surface area contributed by atoms with Gasteiger partial charge < -0.3 is 15.5 Å². The van der Waals surface area contributed by atoms with Crippen LogP contribution >= 0.6 is 0 Å². The molecule has 1 atom stereocenters. The van der Waals surface area contributed by atoms with Gasteiger partial charge in [0.15, 0.2) is 0 Å². The fourth-order valence-electron chi connectivity index (χ4n) is 2.64. The van der Waals surface area contributed by atoms with Crippen molar-refractivity contribution in [3.8, 4) is 0 Å². The van der Waals surface area contributed by atoms with Crippen LogP contribution in [0.2, 0.25) is 0 Å². The summed E-state index contributed by atoms with van der Waals surface area (Å²) in [5.41, 5.74) is 0.956. The molecule has 5 nitrogen and oxygen atoms in total. The number of carbonyl (C=O) groups excluding carboxylic acids is 2. The van der Waals surface area contributed by atoms with Gasteiger partial charge in [-0.15, -0.1) is 0 Å². The number of benzene rings is 1. The van der Waals surface area contributed by atoms with E-state index in [0.29, 0.717) is 12.3 Å². The van der Waals surface area contributed by atoms with E-state index >= 15 is 0 Å². The Morgan fingerprint density at radius 2 is 2.05 bits per heavy atom. The predicted octanol–water partition coefficient (Wildman–Crippen LogP) is 0.413. The van der Waals surface area contributed by atoms with E-state index in [9.17, 15) is 9.59 Å². The molecular formula is C16H23N3O2. The summed E-state index contributed by atoms with van der Waals surface area (Å²) in [5.74, 6) is 0.425. The lowest BCUT2D eigenvalue weighted by Gasteiger charge is -2.17. The molecule has 2 amide bonds. The highest BCUT2D eigenvalue weighted by molar-refractivity contribution is 5.85. The normalized spacial score (nSPS) is 17.8. The van der Waals surface area contributed by atoms with E-state index in [4.69, 9.17) is 0 Å². The molecule has 0 saturated carbocycles. The lowest BCUT2D eigenvalue weighted by molar-refractivity contribution is -0.132. The summed E-state index contributed by atoms with van der Waals surface area (Å²) in [5, 5.41) is 5.85. The first-order chi connectivity index (χ1) is 10.2. The van der Waals surface area contributed by atoms with Gasteiger partial charge >= 0.3 is 0 Å². The summed E-state index contributed by atoms with van der Waals surface area (Å²) in [6.45, 7) is 2.61. The molecule has 0 bridgehead atoms. The summed E-state index contributed by atoms with van der Waals surface area (Å²) in [6, 6.07) is 9.54. The number of rotatable bonds is 6. The molecule has 5 heteroatoms. The standard InChI is InChI=1S/C16H23N3O2/c1-17-10-14-7-8-19(12-14)16(21)11-18-15(20)9-13-5-3-2-4-6-13/h2-6,14,17H,7-12H2,1H3,(H,18,20). The Bertz CT molecular complexity index is 476. The van der Waals surface area contributed by atoms with Crippen molar-refractivity contribution < 1.29 is 9.59 Å². The first kappa shape index (κ1) is 15.5. The lowest BCUT2D eigenvalue weighted by atomic mass is 10.1. The molecule has 1 aromatic rings. The first-order valence-electron chi connectivity index (χ1n) is 7.42. The topological polar surface area (TPSA) is 61.4 Å². The van der Waals surface area contributed by atoms with Crippen LogP contribution in [0.5, 0.6) is 0 Å². The zero-order valence-electron chi connectivity index (χ0n) is 12.5. The van der Waals surface area contributed by atoms with Crippen LogP contribution in [-0.2, 0) is 16.0 Å². The van der Waals surface area contributed by atoms with Crippen LogP contribution in [0.1, 0.15) is 12.0 Å². The minimum absolute atomic E-state index is 0.00927. The van der Waals surface area contributed by atoms with Crippen molar-refractivity contribution in [2.24, 2.45) is 5.92 Å². The molecule has 1 heterocycles. The Kier molecular flexibility index (Phi) is 5.75. The van der Waals surface area contributed by atoms with Crippen molar-refractivity contribution in [1.82, 2.24) is 15.5 Å². The van der Waals surface area contributed by atoms with Gasteiger partial charge in [0.05, 0.1) is 13.0 Å². The lowest BCUT2D eigenvalue weighted by Crippen LogP contribution is -2.39. The van der Waals surface area contributed by atoms with Gasteiger partial charge in [0.25, 0.3) is 0 Å². The van der Waals surface area contributed by atoms with Gasteiger partial charge in [-0.3, -0.25) is 9.59 Å². The van der Waals surface area contributed by atoms with E-state index in [1.165, 1.54) is 0 Å². The number of amides is 2. The quantitative estimate of drug-likeness (QED) is 0.797. The number of hydrogen-bond donors (Lipinski definition) is 2. The van der Waals surface area contributed by atoms with Crippen molar-refractivity contribution in [2.75, 3.05) is 33.2 Å². The molecular weight excluding hydrogens is 266 g/mol. The second kappa shape index (κ2) is 7.78. The SMILES string of the molecule is CNCC1CCN(C(=O)CNC(=O)Cc2ccccc2)C1. The van der Waals surface area contributed by atoms with Crippen LogP contribution in [0, 0.1) is 5.92 Å². The van der Waals surface area contributed by atoms with Gasteiger partial charge in [0, 0.05) is 13.1 Å². The van der Waals surface area contributed by atoms with Gasteiger partial charge in [0.1, 0.15) is 0 Å². The monoisotopic (exact) mass is 289 g/mol. The summed E-state index contributed by atoms with van der Waals surface area (Å²) in [7, 11) is 1.92. The van der Waals surface area contributed by atoms with Crippen molar-refractivity contribution in [2.45, 2.75) is 12.8 Å². The summed E-state index contributed by atoms with van der Waals surface area (Å²) < 4.78 is 0. The highest BCUT2D eigenvalue weighted by Gasteiger charge is 2.25. The van der Waals surface area contributed by atoms with E-state index in [0.717, 1.165) is 31.6 Å². The average Bonchev–Trinajstić information content (AvgIpc) is 2.95. The molecule has 1 aliphatic rings. The number of nitrogens with one attached hydrogen (secondary N) is 2. The maximum atomic E-state index is 12.0. The number of carbonyl (C=O) groups is 2. The smallest absolute Gasteiger partial charge is 0.241 e. The molecule has 114 valence electrons. The Hall–Kier alpha value is -1.88. The van der Waals surface area contributed by atoms with Gasteiger partial charge in [-0.2, -0.15) is 0 Å². The van der Waals surface area contributed by atoms with Crippen LogP contribution in [-0.4, -0.2) is 49.9 Å². The molecule has 1 saturated heterocycles. The third kappa shape index (κ3) is 4.86.